The van der Waals surface area contributed by atoms with E-state index in [9.17, 15) is 14.7 Å². The number of aromatic nitrogens is 2. The lowest BCUT2D eigenvalue weighted by molar-refractivity contribution is -0.170. The molecule has 48 heavy (non-hydrogen) atoms. The van der Waals surface area contributed by atoms with Gasteiger partial charge in [0.15, 0.2) is 11.0 Å². The van der Waals surface area contributed by atoms with Gasteiger partial charge in [-0.1, -0.05) is 6.42 Å². The van der Waals surface area contributed by atoms with Gasteiger partial charge in [-0.25, -0.2) is 14.8 Å². The zero-order valence-corrected chi connectivity index (χ0v) is 27.4. The van der Waals surface area contributed by atoms with Crippen molar-refractivity contribution >= 4 is 28.6 Å². The van der Waals surface area contributed by atoms with Gasteiger partial charge in [0.2, 0.25) is 0 Å². The number of phenols is 1. The molecular weight excluding hydrogens is 612 g/mol. The van der Waals surface area contributed by atoms with Crippen molar-refractivity contribution in [3.05, 3.63) is 68.7 Å². The van der Waals surface area contributed by atoms with Gasteiger partial charge >= 0.3 is 5.97 Å². The fourth-order valence-corrected chi connectivity index (χ4v) is 8.43. The largest absolute Gasteiger partial charge is 0.507 e. The Balaban J connectivity index is 1.07. The van der Waals surface area contributed by atoms with Gasteiger partial charge in [-0.3, -0.25) is 4.79 Å². The Morgan fingerprint density at radius 3 is 2.71 bits per heavy atom. The molecular formula is C37H40N4O7. The summed E-state index contributed by atoms with van der Waals surface area (Å²) in [6.45, 7) is 5.45. The van der Waals surface area contributed by atoms with Gasteiger partial charge in [0.1, 0.15) is 51.6 Å². The van der Waals surface area contributed by atoms with Crippen LogP contribution < -0.4 is 21.6 Å². The molecule has 4 aliphatic rings. The van der Waals surface area contributed by atoms with Crippen LogP contribution in [0.2, 0.25) is 0 Å². The van der Waals surface area contributed by atoms with E-state index < -0.39 is 23.3 Å². The third kappa shape index (κ3) is 4.81. The summed E-state index contributed by atoms with van der Waals surface area (Å²) in [5.74, 6) is 0.871. The summed E-state index contributed by atoms with van der Waals surface area (Å²) in [5, 5.41) is 11.6. The molecule has 1 aliphatic carbocycles. The molecule has 1 spiro atoms. The second-order valence-corrected chi connectivity index (χ2v) is 14.3. The van der Waals surface area contributed by atoms with E-state index in [-0.39, 0.29) is 34.2 Å². The topological polar surface area (TPSA) is 176 Å². The Labute approximate surface area is 277 Å². The summed E-state index contributed by atoms with van der Waals surface area (Å²) >= 11 is 0. The number of ether oxygens (including phenoxy) is 3. The first-order valence-electron chi connectivity index (χ1n) is 16.9. The predicted molar refractivity (Wildman–Crippen MR) is 179 cm³/mol. The van der Waals surface area contributed by atoms with Crippen LogP contribution in [0.3, 0.4) is 0 Å². The van der Waals surface area contributed by atoms with E-state index in [0.717, 1.165) is 60.1 Å². The number of carbonyl (C=O) groups excluding carboxylic acids is 1. The Kier molecular flexibility index (Phi) is 7.00. The quantitative estimate of drug-likeness (QED) is 0.190. The molecule has 0 saturated carbocycles. The number of pyridine rings is 2. The van der Waals surface area contributed by atoms with E-state index in [1.165, 1.54) is 6.07 Å². The van der Waals surface area contributed by atoms with Crippen molar-refractivity contribution in [3.8, 4) is 22.8 Å². The molecule has 5 N–H and O–H groups in total. The summed E-state index contributed by atoms with van der Waals surface area (Å²) in [6, 6.07) is 6.93. The minimum absolute atomic E-state index is 0.105. The molecule has 0 radical (unpaired) electrons. The number of epoxide rings is 1. The smallest absolute Gasteiger partial charge is 0.341 e. The molecule has 2 fully saturated rings. The zero-order chi connectivity index (χ0) is 33.5. The Bertz CT molecular complexity index is 2060. The molecule has 0 unspecified atom stereocenters. The number of fused-ring (bicyclic) bond motifs is 7. The lowest BCUT2D eigenvalue weighted by atomic mass is 9.77. The number of nitrogens with two attached hydrogens (primary N) is 2. The van der Waals surface area contributed by atoms with E-state index in [1.54, 1.807) is 19.2 Å². The van der Waals surface area contributed by atoms with Crippen LogP contribution in [-0.2, 0) is 33.5 Å². The maximum Gasteiger partial charge on any atom is 0.341 e. The first-order valence-corrected chi connectivity index (χ1v) is 16.9. The molecule has 2 saturated heterocycles. The van der Waals surface area contributed by atoms with Crippen LogP contribution in [0.4, 0.5) is 11.6 Å². The SMILES string of the molecule is Cc1cc(=O)c2c(O)c3c(cc2o1)OC(C)(C)[C@@H]1OC(=O)[C@@]2(CCCC[C@@H]31)O[C@@H]2CCc1cc(N)nc2c1CCCc1c-2ccnc1N. The van der Waals surface area contributed by atoms with Gasteiger partial charge in [0.05, 0.1) is 11.8 Å². The number of anilines is 2. The highest BCUT2D eigenvalue weighted by Crippen LogP contribution is 2.54. The highest BCUT2D eigenvalue weighted by atomic mass is 16.7. The van der Waals surface area contributed by atoms with Crippen molar-refractivity contribution < 1.29 is 28.5 Å². The first kappa shape index (κ1) is 30.7. The van der Waals surface area contributed by atoms with Crippen LogP contribution in [0.1, 0.15) is 86.3 Å². The number of carbonyl (C=O) groups is 1. The maximum absolute atomic E-state index is 14.1. The number of hydrogen-bond donors (Lipinski definition) is 3. The van der Waals surface area contributed by atoms with Crippen LogP contribution >= 0.6 is 0 Å². The molecule has 250 valence electrons. The molecule has 3 aliphatic heterocycles. The minimum Gasteiger partial charge on any atom is -0.507 e. The average molecular weight is 653 g/mol. The third-order valence-electron chi connectivity index (χ3n) is 10.7. The average Bonchev–Trinajstić information content (AvgIpc) is 3.75. The van der Waals surface area contributed by atoms with Crippen molar-refractivity contribution in [1.82, 2.24) is 9.97 Å². The molecule has 6 heterocycles. The van der Waals surface area contributed by atoms with Crippen LogP contribution in [0, 0.1) is 6.92 Å². The second-order valence-electron chi connectivity index (χ2n) is 14.3. The van der Waals surface area contributed by atoms with Crippen LogP contribution in [0.25, 0.3) is 22.2 Å². The Hall–Kier alpha value is -4.64. The summed E-state index contributed by atoms with van der Waals surface area (Å²) in [7, 11) is 0. The Morgan fingerprint density at radius 1 is 1.06 bits per heavy atom. The standard InChI is InChI=1S/C37H40N4O7/c1-18-15-24(42)30-25(45-18)17-26-29(32(30)43)23-7-4-5-13-37(35(44)46-33(23)36(2,3)47-26)27(48-37)11-10-19-16-28(38)41-31-20(19)8-6-9-22-21(31)12-14-40-34(22)39/h12,14-17,23,27,33,43H,4-11,13H2,1-3H3,(H2,38,41)(H2,39,40)/t23-,27+,33+,37-/m0/s1. The van der Waals surface area contributed by atoms with Crippen molar-refractivity contribution in [3.63, 3.8) is 0 Å². The zero-order valence-electron chi connectivity index (χ0n) is 27.4. The molecule has 0 amide bonds. The number of hydrogen-bond acceptors (Lipinski definition) is 11. The molecule has 3 aromatic heterocycles. The molecule has 0 bridgehead atoms. The van der Waals surface area contributed by atoms with Crippen molar-refractivity contribution in [2.45, 2.75) is 108 Å². The van der Waals surface area contributed by atoms with Gasteiger partial charge in [0, 0.05) is 40.9 Å². The molecule has 11 heteroatoms. The maximum atomic E-state index is 14.1. The van der Waals surface area contributed by atoms with Gasteiger partial charge in [-0.2, -0.15) is 0 Å². The fourth-order valence-electron chi connectivity index (χ4n) is 8.43. The fraction of sp³-hybridized carbons (Fsp3) is 0.459. The normalized spacial score (nSPS) is 25.6. The van der Waals surface area contributed by atoms with Crippen molar-refractivity contribution in [1.29, 1.82) is 0 Å². The van der Waals surface area contributed by atoms with Crippen LogP contribution in [0.15, 0.2) is 39.7 Å². The molecule has 1 aromatic carbocycles. The highest BCUT2D eigenvalue weighted by Gasteiger charge is 2.64. The molecule has 4 atom stereocenters. The number of nitrogens with zero attached hydrogens (tertiary/aromatic N) is 2. The summed E-state index contributed by atoms with van der Waals surface area (Å²) in [6.07, 6.45) is 7.24. The van der Waals surface area contributed by atoms with Crippen molar-refractivity contribution in [2.24, 2.45) is 0 Å². The van der Waals surface area contributed by atoms with Crippen LogP contribution in [-0.4, -0.2) is 44.5 Å². The number of phenolic OH excluding ortho intramolecular Hbond substituents is 1. The van der Waals surface area contributed by atoms with E-state index in [2.05, 4.69) is 4.98 Å². The minimum atomic E-state index is -1.04. The van der Waals surface area contributed by atoms with Gasteiger partial charge < -0.3 is 35.2 Å². The summed E-state index contributed by atoms with van der Waals surface area (Å²) in [5.41, 5.74) is 16.1. The van der Waals surface area contributed by atoms with E-state index in [1.807, 2.05) is 26.0 Å². The number of aryl methyl sites for hydroxylation is 2. The van der Waals surface area contributed by atoms with Crippen LogP contribution in [0.5, 0.6) is 11.5 Å². The summed E-state index contributed by atoms with van der Waals surface area (Å²) in [4.78, 5) is 36.0. The number of aromatic hydroxyl groups is 1. The molecule has 11 nitrogen and oxygen atoms in total. The van der Waals surface area contributed by atoms with Gasteiger partial charge in [-0.05, 0) is 95.4 Å². The number of nitrogen functional groups attached to an aromatic ring is 2. The lowest BCUT2D eigenvalue weighted by Gasteiger charge is -2.44. The predicted octanol–water partition coefficient (Wildman–Crippen LogP) is 5.43. The molecule has 4 aromatic rings. The monoisotopic (exact) mass is 652 g/mol. The highest BCUT2D eigenvalue weighted by molar-refractivity contribution is 5.88. The molecule has 8 rings (SSSR count). The number of benzene rings is 1. The Morgan fingerprint density at radius 2 is 1.88 bits per heavy atom. The van der Waals surface area contributed by atoms with E-state index >= 15 is 0 Å². The van der Waals surface area contributed by atoms with E-state index in [0.29, 0.717) is 54.4 Å². The first-order chi connectivity index (χ1) is 23.0. The van der Waals surface area contributed by atoms with E-state index in [4.69, 9.17) is 35.1 Å². The van der Waals surface area contributed by atoms with Gasteiger partial charge in [0.25, 0.3) is 0 Å². The van der Waals surface area contributed by atoms with Gasteiger partial charge in [-0.15, -0.1) is 0 Å². The second kappa shape index (κ2) is 10.9. The third-order valence-corrected chi connectivity index (χ3v) is 10.7. The lowest BCUT2D eigenvalue weighted by Crippen LogP contribution is -2.52. The number of esters is 1. The summed E-state index contributed by atoms with van der Waals surface area (Å²) < 4.78 is 24.8. The number of rotatable bonds is 3. The van der Waals surface area contributed by atoms with Crippen molar-refractivity contribution in [2.75, 3.05) is 11.5 Å².